The van der Waals surface area contributed by atoms with Crippen molar-refractivity contribution >= 4 is 6.08 Å². The predicted octanol–water partition coefficient (Wildman–Crippen LogP) is 2.29. The molecule has 2 fully saturated rings. The van der Waals surface area contributed by atoms with E-state index in [2.05, 4.69) is 4.99 Å². The molecule has 2 rings (SSSR count). The Kier molecular flexibility index (Phi) is 2.27. The number of fused-ring (bicyclic) bond motifs is 2. The highest BCUT2D eigenvalue weighted by Gasteiger charge is 2.37. The van der Waals surface area contributed by atoms with E-state index in [1.807, 2.05) is 0 Å². The molecule has 0 N–H and O–H groups in total. The molecule has 2 saturated carbocycles. The molecule has 2 aliphatic carbocycles. The molecule has 0 spiro atoms. The summed E-state index contributed by atoms with van der Waals surface area (Å²) in [5.74, 6) is 1.41. The van der Waals surface area contributed by atoms with E-state index in [9.17, 15) is 4.79 Å². The van der Waals surface area contributed by atoms with Gasteiger partial charge in [0.15, 0.2) is 0 Å². The molecule has 0 aromatic rings. The van der Waals surface area contributed by atoms with Gasteiger partial charge in [-0.2, -0.15) is 0 Å². The summed E-state index contributed by atoms with van der Waals surface area (Å²) >= 11 is 0. The Balaban J connectivity index is 2.14. The number of isocyanates is 1. The molecule has 0 aliphatic heterocycles. The van der Waals surface area contributed by atoms with Gasteiger partial charge in [-0.05, 0) is 37.5 Å². The van der Waals surface area contributed by atoms with Crippen LogP contribution in [-0.2, 0) is 4.79 Å². The molecule has 0 amide bonds. The monoisotopic (exact) mass is 165 g/mol. The Bertz CT molecular complexity index is 194. The standard InChI is InChI=1S/C10H15NO/c12-7-11-10-8-3-1-2-4-9(10)6-5-8/h8-10H,1-6H2. The fourth-order valence-electron chi connectivity index (χ4n) is 2.87. The van der Waals surface area contributed by atoms with Crippen LogP contribution in [0.25, 0.3) is 0 Å². The number of aliphatic imine (C=N–C) groups is 1. The fraction of sp³-hybridized carbons (Fsp3) is 0.900. The Morgan fingerprint density at radius 1 is 1.00 bits per heavy atom. The first-order valence-corrected chi connectivity index (χ1v) is 4.99. The van der Waals surface area contributed by atoms with Gasteiger partial charge in [0.2, 0.25) is 6.08 Å². The topological polar surface area (TPSA) is 29.4 Å². The first-order chi connectivity index (χ1) is 5.92. The van der Waals surface area contributed by atoms with Crippen molar-refractivity contribution in [3.05, 3.63) is 0 Å². The summed E-state index contributed by atoms with van der Waals surface area (Å²) in [7, 11) is 0. The zero-order chi connectivity index (χ0) is 8.39. The Labute approximate surface area is 73.1 Å². The molecule has 2 aliphatic rings. The van der Waals surface area contributed by atoms with Crippen LogP contribution in [0.4, 0.5) is 0 Å². The van der Waals surface area contributed by atoms with Crippen molar-refractivity contribution in [2.24, 2.45) is 16.8 Å². The smallest absolute Gasteiger partial charge is 0.211 e. The molecule has 0 radical (unpaired) electrons. The van der Waals surface area contributed by atoms with Gasteiger partial charge >= 0.3 is 0 Å². The second kappa shape index (κ2) is 3.40. The maximum atomic E-state index is 10.2. The average Bonchev–Trinajstić information content (AvgIpc) is 2.26. The van der Waals surface area contributed by atoms with E-state index in [1.54, 1.807) is 6.08 Å². The zero-order valence-electron chi connectivity index (χ0n) is 7.33. The van der Waals surface area contributed by atoms with E-state index in [0.29, 0.717) is 17.9 Å². The van der Waals surface area contributed by atoms with E-state index in [-0.39, 0.29) is 0 Å². The van der Waals surface area contributed by atoms with E-state index < -0.39 is 0 Å². The lowest BCUT2D eigenvalue weighted by atomic mass is 9.97. The minimum absolute atomic E-state index is 0.338. The lowest BCUT2D eigenvalue weighted by molar-refractivity contribution is 0.415. The summed E-state index contributed by atoms with van der Waals surface area (Å²) in [5.41, 5.74) is 0. The molecule has 2 unspecified atom stereocenters. The van der Waals surface area contributed by atoms with Gasteiger partial charge in [0.25, 0.3) is 0 Å². The molecule has 0 aromatic heterocycles. The normalized spacial score (nSPS) is 40.2. The van der Waals surface area contributed by atoms with Gasteiger partial charge in [0.1, 0.15) is 0 Å². The summed E-state index contributed by atoms with van der Waals surface area (Å²) in [4.78, 5) is 14.2. The van der Waals surface area contributed by atoms with Gasteiger partial charge in [-0.1, -0.05) is 12.8 Å². The number of carbonyl (C=O) groups excluding carboxylic acids is 1. The van der Waals surface area contributed by atoms with Crippen molar-refractivity contribution in [3.63, 3.8) is 0 Å². The number of hydrogen-bond acceptors (Lipinski definition) is 2. The molecule has 0 aromatic carbocycles. The lowest BCUT2D eigenvalue weighted by Crippen LogP contribution is -2.16. The maximum Gasteiger partial charge on any atom is 0.235 e. The molecule has 2 atom stereocenters. The van der Waals surface area contributed by atoms with Crippen LogP contribution in [-0.4, -0.2) is 12.1 Å². The minimum Gasteiger partial charge on any atom is -0.211 e. The van der Waals surface area contributed by atoms with Crippen LogP contribution in [0.15, 0.2) is 4.99 Å². The molecule has 0 heterocycles. The highest BCUT2D eigenvalue weighted by atomic mass is 16.1. The van der Waals surface area contributed by atoms with Crippen LogP contribution >= 0.6 is 0 Å². The quantitative estimate of drug-likeness (QED) is 0.433. The third-order valence-corrected chi connectivity index (χ3v) is 3.48. The second-order valence-electron chi connectivity index (χ2n) is 4.09. The van der Waals surface area contributed by atoms with Crippen LogP contribution in [0.5, 0.6) is 0 Å². The van der Waals surface area contributed by atoms with Gasteiger partial charge in [0, 0.05) is 0 Å². The number of hydrogen-bond donors (Lipinski definition) is 0. The lowest BCUT2D eigenvalue weighted by Gasteiger charge is -2.14. The summed E-state index contributed by atoms with van der Waals surface area (Å²) < 4.78 is 0. The number of nitrogens with zero attached hydrogens (tertiary/aromatic N) is 1. The third-order valence-electron chi connectivity index (χ3n) is 3.48. The molecular weight excluding hydrogens is 150 g/mol. The Morgan fingerprint density at radius 2 is 1.58 bits per heavy atom. The van der Waals surface area contributed by atoms with E-state index >= 15 is 0 Å². The molecule has 2 bridgehead atoms. The van der Waals surface area contributed by atoms with Gasteiger partial charge in [-0.15, -0.1) is 0 Å². The van der Waals surface area contributed by atoms with Crippen molar-refractivity contribution in [1.82, 2.24) is 0 Å². The molecule has 2 heteroatoms. The van der Waals surface area contributed by atoms with Gasteiger partial charge < -0.3 is 0 Å². The minimum atomic E-state index is 0.338. The largest absolute Gasteiger partial charge is 0.235 e. The van der Waals surface area contributed by atoms with Crippen molar-refractivity contribution in [2.45, 2.75) is 44.6 Å². The highest BCUT2D eigenvalue weighted by Crippen LogP contribution is 2.42. The van der Waals surface area contributed by atoms with Crippen LogP contribution < -0.4 is 0 Å². The van der Waals surface area contributed by atoms with Crippen molar-refractivity contribution in [2.75, 3.05) is 0 Å². The molecule has 12 heavy (non-hydrogen) atoms. The van der Waals surface area contributed by atoms with Gasteiger partial charge in [0.05, 0.1) is 6.04 Å². The SMILES string of the molecule is O=C=NC1C2CCCCC1CC2. The summed E-state index contributed by atoms with van der Waals surface area (Å²) in [6.07, 6.45) is 9.57. The Hall–Kier alpha value is -0.620. The van der Waals surface area contributed by atoms with E-state index in [1.165, 1.54) is 38.5 Å². The summed E-state index contributed by atoms with van der Waals surface area (Å²) in [5, 5.41) is 0. The highest BCUT2D eigenvalue weighted by molar-refractivity contribution is 5.34. The average molecular weight is 165 g/mol. The number of rotatable bonds is 1. The maximum absolute atomic E-state index is 10.2. The van der Waals surface area contributed by atoms with Crippen LogP contribution in [0.1, 0.15) is 38.5 Å². The predicted molar refractivity (Wildman–Crippen MR) is 46.6 cm³/mol. The van der Waals surface area contributed by atoms with Crippen LogP contribution in [0.3, 0.4) is 0 Å². The first kappa shape index (κ1) is 8.00. The van der Waals surface area contributed by atoms with E-state index in [0.717, 1.165) is 0 Å². The molecular formula is C10H15NO. The third kappa shape index (κ3) is 1.32. The van der Waals surface area contributed by atoms with Crippen molar-refractivity contribution < 1.29 is 4.79 Å². The van der Waals surface area contributed by atoms with E-state index in [4.69, 9.17) is 0 Å². The molecule has 66 valence electrons. The zero-order valence-corrected chi connectivity index (χ0v) is 7.33. The first-order valence-electron chi connectivity index (χ1n) is 4.99. The summed E-state index contributed by atoms with van der Waals surface area (Å²) in [6, 6.07) is 0.338. The molecule has 0 saturated heterocycles. The fourth-order valence-corrected chi connectivity index (χ4v) is 2.87. The van der Waals surface area contributed by atoms with Crippen LogP contribution in [0, 0.1) is 11.8 Å². The Morgan fingerprint density at radius 3 is 2.08 bits per heavy atom. The van der Waals surface area contributed by atoms with Crippen molar-refractivity contribution in [1.29, 1.82) is 0 Å². The van der Waals surface area contributed by atoms with Crippen LogP contribution in [0.2, 0.25) is 0 Å². The van der Waals surface area contributed by atoms with Crippen molar-refractivity contribution in [3.8, 4) is 0 Å². The summed E-state index contributed by atoms with van der Waals surface area (Å²) in [6.45, 7) is 0. The van der Waals surface area contributed by atoms with Gasteiger partial charge in [-0.3, -0.25) is 0 Å². The second-order valence-corrected chi connectivity index (χ2v) is 4.09. The molecule has 2 nitrogen and oxygen atoms in total. The van der Waals surface area contributed by atoms with Gasteiger partial charge in [-0.25, -0.2) is 9.79 Å².